The van der Waals surface area contributed by atoms with Crippen molar-refractivity contribution < 1.29 is 14.2 Å². The molecule has 2 aromatic rings. The molecule has 1 heterocycles. The van der Waals surface area contributed by atoms with Crippen molar-refractivity contribution in [3.63, 3.8) is 0 Å². The van der Waals surface area contributed by atoms with E-state index in [0.29, 0.717) is 12.2 Å². The molecule has 2 aromatic carbocycles. The molecule has 0 amide bonds. The van der Waals surface area contributed by atoms with E-state index in [0.717, 1.165) is 24.3 Å². The van der Waals surface area contributed by atoms with E-state index in [1.165, 1.54) is 12.1 Å². The molecule has 1 aliphatic rings. The Morgan fingerprint density at radius 1 is 1.29 bits per heavy atom. The van der Waals surface area contributed by atoms with Crippen LogP contribution in [0.15, 0.2) is 42.5 Å². The first-order chi connectivity index (χ1) is 10.2. The maximum absolute atomic E-state index is 13.3. The fourth-order valence-corrected chi connectivity index (χ4v) is 2.75. The number of phenolic OH excluding ortho intramolecular Hbond substituents is 1. The summed E-state index contributed by atoms with van der Waals surface area (Å²) in [5.74, 6) is 0.648. The van der Waals surface area contributed by atoms with Crippen LogP contribution in [0.4, 0.5) is 10.1 Å². The number of benzene rings is 2. The molecule has 3 nitrogen and oxygen atoms in total. The summed E-state index contributed by atoms with van der Waals surface area (Å²) in [7, 11) is 0. The molecule has 21 heavy (non-hydrogen) atoms. The van der Waals surface area contributed by atoms with Crippen molar-refractivity contribution in [3.8, 4) is 11.5 Å². The lowest BCUT2D eigenvalue weighted by Gasteiger charge is -2.35. The molecule has 110 valence electrons. The molecule has 0 aromatic heterocycles. The van der Waals surface area contributed by atoms with Gasteiger partial charge >= 0.3 is 0 Å². The topological polar surface area (TPSA) is 32.7 Å². The zero-order valence-corrected chi connectivity index (χ0v) is 11.9. The lowest BCUT2D eigenvalue weighted by Crippen LogP contribution is -2.41. The van der Waals surface area contributed by atoms with Crippen LogP contribution in [0.3, 0.4) is 0 Å². The monoisotopic (exact) mass is 287 g/mol. The highest BCUT2D eigenvalue weighted by molar-refractivity contribution is 5.62. The summed E-state index contributed by atoms with van der Waals surface area (Å²) in [5, 5.41) is 9.61. The number of hydrogen-bond acceptors (Lipinski definition) is 3. The normalized spacial score (nSPS) is 17.2. The van der Waals surface area contributed by atoms with Gasteiger partial charge < -0.3 is 14.7 Å². The van der Waals surface area contributed by atoms with E-state index in [1.807, 2.05) is 12.1 Å². The number of halogens is 1. The van der Waals surface area contributed by atoms with E-state index in [4.69, 9.17) is 4.74 Å². The molecule has 1 atom stereocenters. The molecule has 4 heteroatoms. The van der Waals surface area contributed by atoms with Crippen molar-refractivity contribution in [1.82, 2.24) is 0 Å². The third-order valence-corrected chi connectivity index (χ3v) is 3.74. The molecule has 1 unspecified atom stereocenters. The lowest BCUT2D eigenvalue weighted by atomic mass is 10.1. The minimum absolute atomic E-state index is 0.0546. The summed E-state index contributed by atoms with van der Waals surface area (Å²) >= 11 is 0. The van der Waals surface area contributed by atoms with E-state index in [1.54, 1.807) is 18.2 Å². The van der Waals surface area contributed by atoms with Gasteiger partial charge in [-0.1, -0.05) is 12.1 Å². The Hall–Kier alpha value is -2.23. The van der Waals surface area contributed by atoms with Crippen molar-refractivity contribution in [2.75, 3.05) is 18.0 Å². The number of likely N-dealkylation sites (N-methyl/N-ethyl adjacent to an activating group) is 1. The summed E-state index contributed by atoms with van der Waals surface area (Å²) in [6.45, 7) is 3.70. The van der Waals surface area contributed by atoms with Crippen LogP contribution >= 0.6 is 0 Å². The maximum Gasteiger partial charge on any atom is 0.146 e. The predicted molar refractivity (Wildman–Crippen MR) is 80.5 cm³/mol. The van der Waals surface area contributed by atoms with Crippen LogP contribution < -0.4 is 9.64 Å². The molecular formula is C17H18FNO2. The second-order valence-corrected chi connectivity index (χ2v) is 5.26. The maximum atomic E-state index is 13.3. The van der Waals surface area contributed by atoms with Gasteiger partial charge in [0.15, 0.2) is 0 Å². The molecule has 0 spiro atoms. The first-order valence-electron chi connectivity index (χ1n) is 7.15. The van der Waals surface area contributed by atoms with Gasteiger partial charge in [0.1, 0.15) is 23.4 Å². The van der Waals surface area contributed by atoms with Gasteiger partial charge in [0.05, 0.1) is 12.2 Å². The number of aromatic hydroxyl groups is 1. The molecular weight excluding hydrogens is 269 g/mol. The van der Waals surface area contributed by atoms with Crippen LogP contribution in [0.25, 0.3) is 0 Å². The Labute approximate surface area is 123 Å². The second-order valence-electron chi connectivity index (χ2n) is 5.26. The van der Waals surface area contributed by atoms with Crippen LogP contribution in [0.5, 0.6) is 11.5 Å². The molecule has 1 N–H and O–H groups in total. The Morgan fingerprint density at radius 2 is 2.14 bits per heavy atom. The number of rotatable bonds is 3. The van der Waals surface area contributed by atoms with Gasteiger partial charge in [0.25, 0.3) is 0 Å². The fourth-order valence-electron chi connectivity index (χ4n) is 2.75. The molecule has 3 rings (SSSR count). The SMILES string of the molecule is CCN1CC(Cc2cccc(F)c2)Oc2cc(O)ccc21. The number of anilines is 1. The van der Waals surface area contributed by atoms with Gasteiger partial charge in [-0.05, 0) is 36.8 Å². The third kappa shape index (κ3) is 2.94. The highest BCUT2D eigenvalue weighted by atomic mass is 19.1. The summed E-state index contributed by atoms with van der Waals surface area (Å²) in [4.78, 5) is 2.21. The third-order valence-electron chi connectivity index (χ3n) is 3.74. The van der Waals surface area contributed by atoms with Crippen LogP contribution in [-0.4, -0.2) is 24.3 Å². The fraction of sp³-hybridized carbons (Fsp3) is 0.294. The van der Waals surface area contributed by atoms with E-state index in [2.05, 4.69) is 11.8 Å². The molecule has 0 radical (unpaired) electrons. The predicted octanol–water partition coefficient (Wildman–Crippen LogP) is 3.36. The molecule has 1 aliphatic heterocycles. The summed E-state index contributed by atoms with van der Waals surface area (Å²) in [6.07, 6.45) is 0.588. The van der Waals surface area contributed by atoms with E-state index >= 15 is 0 Å². The minimum atomic E-state index is -0.228. The van der Waals surface area contributed by atoms with Crippen molar-refractivity contribution in [3.05, 3.63) is 53.8 Å². The summed E-state index contributed by atoms with van der Waals surface area (Å²) < 4.78 is 19.2. The molecule has 0 saturated carbocycles. The average Bonchev–Trinajstić information content (AvgIpc) is 2.46. The molecule has 0 aliphatic carbocycles. The van der Waals surface area contributed by atoms with E-state index in [9.17, 15) is 9.50 Å². The summed E-state index contributed by atoms with van der Waals surface area (Å²) in [5.41, 5.74) is 1.91. The Morgan fingerprint density at radius 3 is 2.90 bits per heavy atom. The Balaban J connectivity index is 1.83. The van der Waals surface area contributed by atoms with Crippen LogP contribution in [-0.2, 0) is 6.42 Å². The first-order valence-corrected chi connectivity index (χ1v) is 7.15. The Kier molecular flexibility index (Phi) is 3.69. The highest BCUT2D eigenvalue weighted by Crippen LogP contribution is 2.36. The second kappa shape index (κ2) is 5.64. The first kappa shape index (κ1) is 13.7. The number of hydrogen-bond donors (Lipinski definition) is 1. The van der Waals surface area contributed by atoms with Crippen LogP contribution in [0, 0.1) is 5.82 Å². The van der Waals surface area contributed by atoms with Crippen molar-refractivity contribution in [2.45, 2.75) is 19.4 Å². The number of phenols is 1. The number of fused-ring (bicyclic) bond motifs is 1. The highest BCUT2D eigenvalue weighted by Gasteiger charge is 2.25. The van der Waals surface area contributed by atoms with Gasteiger partial charge in [-0.2, -0.15) is 0 Å². The van der Waals surface area contributed by atoms with Gasteiger partial charge in [0.2, 0.25) is 0 Å². The Bertz CT molecular complexity index is 644. The average molecular weight is 287 g/mol. The van der Waals surface area contributed by atoms with Gasteiger partial charge in [0, 0.05) is 19.0 Å². The molecule has 0 saturated heterocycles. The standard InChI is InChI=1S/C17H18FNO2/c1-2-19-11-15(9-12-4-3-5-13(18)8-12)21-17-10-14(20)6-7-16(17)19/h3-8,10,15,20H,2,9,11H2,1H3. The van der Waals surface area contributed by atoms with Gasteiger partial charge in [-0.15, -0.1) is 0 Å². The lowest BCUT2D eigenvalue weighted by molar-refractivity contribution is 0.193. The van der Waals surface area contributed by atoms with E-state index in [-0.39, 0.29) is 17.7 Å². The van der Waals surface area contributed by atoms with Crippen molar-refractivity contribution in [2.24, 2.45) is 0 Å². The van der Waals surface area contributed by atoms with Crippen LogP contribution in [0.1, 0.15) is 12.5 Å². The smallest absolute Gasteiger partial charge is 0.146 e. The van der Waals surface area contributed by atoms with Gasteiger partial charge in [-0.3, -0.25) is 0 Å². The quantitative estimate of drug-likeness (QED) is 0.939. The zero-order chi connectivity index (χ0) is 14.8. The zero-order valence-electron chi connectivity index (χ0n) is 11.9. The number of nitrogens with zero attached hydrogens (tertiary/aromatic N) is 1. The largest absolute Gasteiger partial charge is 0.508 e. The van der Waals surface area contributed by atoms with Crippen molar-refractivity contribution in [1.29, 1.82) is 0 Å². The molecule has 0 bridgehead atoms. The van der Waals surface area contributed by atoms with Crippen LogP contribution in [0.2, 0.25) is 0 Å². The van der Waals surface area contributed by atoms with Gasteiger partial charge in [-0.25, -0.2) is 4.39 Å². The summed E-state index contributed by atoms with van der Waals surface area (Å²) in [6, 6.07) is 11.8. The van der Waals surface area contributed by atoms with E-state index < -0.39 is 0 Å². The minimum Gasteiger partial charge on any atom is -0.508 e. The molecule has 0 fully saturated rings. The van der Waals surface area contributed by atoms with Crippen molar-refractivity contribution >= 4 is 5.69 Å². The number of ether oxygens (including phenoxy) is 1.